The Morgan fingerprint density at radius 1 is 1.37 bits per heavy atom. The number of carbonyl (C=O) groups excluding carboxylic acids is 1. The zero-order valence-electron chi connectivity index (χ0n) is 15.3. The van der Waals surface area contributed by atoms with Crippen molar-refractivity contribution < 1.29 is 9.32 Å². The van der Waals surface area contributed by atoms with Gasteiger partial charge < -0.3 is 9.42 Å². The first kappa shape index (κ1) is 18.3. The lowest BCUT2D eigenvalue weighted by molar-refractivity contribution is 0.0733. The fourth-order valence-electron chi connectivity index (χ4n) is 3.46. The molecule has 0 N–H and O–H groups in total. The van der Waals surface area contributed by atoms with Gasteiger partial charge in [0.15, 0.2) is 0 Å². The predicted octanol–water partition coefficient (Wildman–Crippen LogP) is 5.02. The number of aromatic nitrogens is 2. The van der Waals surface area contributed by atoms with Gasteiger partial charge in [0.2, 0.25) is 0 Å². The molecule has 5 nitrogen and oxygen atoms in total. The molecule has 7 heteroatoms. The van der Waals surface area contributed by atoms with Crippen LogP contribution in [0, 0.1) is 13.8 Å². The second-order valence-corrected chi connectivity index (χ2v) is 8.56. The Kier molecular flexibility index (Phi) is 5.31. The van der Waals surface area contributed by atoms with E-state index in [0.717, 1.165) is 41.4 Å². The Morgan fingerprint density at radius 3 is 3.00 bits per heavy atom. The third-order valence-electron chi connectivity index (χ3n) is 4.92. The fourth-order valence-corrected chi connectivity index (χ4v) is 5.47. The Bertz CT molecular complexity index is 917. The second kappa shape index (κ2) is 7.86. The molecule has 0 unspecified atom stereocenters. The Labute approximate surface area is 166 Å². The summed E-state index contributed by atoms with van der Waals surface area (Å²) < 4.78 is 5.24. The summed E-state index contributed by atoms with van der Waals surface area (Å²) in [7, 11) is 0. The van der Waals surface area contributed by atoms with Gasteiger partial charge in [0.1, 0.15) is 10.8 Å². The van der Waals surface area contributed by atoms with Crippen LogP contribution in [0.3, 0.4) is 0 Å². The lowest BCUT2D eigenvalue weighted by atomic mass is 10.1. The molecule has 1 amide bonds. The Morgan fingerprint density at radius 2 is 2.26 bits per heavy atom. The van der Waals surface area contributed by atoms with Crippen LogP contribution < -0.4 is 0 Å². The van der Waals surface area contributed by atoms with Crippen molar-refractivity contribution in [3.8, 4) is 0 Å². The van der Waals surface area contributed by atoms with E-state index in [1.165, 1.54) is 4.88 Å². The van der Waals surface area contributed by atoms with Gasteiger partial charge in [0.25, 0.3) is 5.91 Å². The third kappa shape index (κ3) is 3.66. The molecule has 0 aromatic carbocycles. The number of aryl methyl sites for hydroxylation is 2. The van der Waals surface area contributed by atoms with Crippen LogP contribution >= 0.6 is 23.1 Å². The average molecular weight is 400 g/mol. The summed E-state index contributed by atoms with van der Waals surface area (Å²) in [6, 6.07) is 8.07. The minimum atomic E-state index is 0.0697. The van der Waals surface area contributed by atoms with E-state index in [0.29, 0.717) is 11.3 Å². The normalized spacial score (nSPS) is 16.8. The van der Waals surface area contributed by atoms with Gasteiger partial charge in [-0.25, -0.2) is 4.98 Å². The first-order valence-electron chi connectivity index (χ1n) is 8.99. The summed E-state index contributed by atoms with van der Waals surface area (Å²) in [5, 5.41) is 6.84. The van der Waals surface area contributed by atoms with E-state index in [1.807, 2.05) is 30.9 Å². The number of thiophene rings is 1. The topological polar surface area (TPSA) is 59.2 Å². The predicted molar refractivity (Wildman–Crippen MR) is 107 cm³/mol. The number of pyridine rings is 1. The minimum absolute atomic E-state index is 0.0697. The van der Waals surface area contributed by atoms with Crippen LogP contribution in [0.5, 0.6) is 0 Å². The molecule has 1 saturated heterocycles. The summed E-state index contributed by atoms with van der Waals surface area (Å²) in [5.74, 6) is 1.58. The maximum absolute atomic E-state index is 13.3. The highest BCUT2D eigenvalue weighted by Gasteiger charge is 2.32. The molecule has 4 rings (SSSR count). The molecule has 140 valence electrons. The van der Waals surface area contributed by atoms with E-state index in [-0.39, 0.29) is 11.9 Å². The first-order chi connectivity index (χ1) is 13.1. The molecule has 0 saturated carbocycles. The minimum Gasteiger partial charge on any atom is -0.361 e. The van der Waals surface area contributed by atoms with Gasteiger partial charge in [-0.2, -0.15) is 0 Å². The number of rotatable bonds is 5. The second-order valence-electron chi connectivity index (χ2n) is 6.62. The number of hydrogen-bond donors (Lipinski definition) is 0. The third-order valence-corrected chi connectivity index (χ3v) is 6.93. The Hall–Kier alpha value is -2.12. The molecule has 0 bridgehead atoms. The van der Waals surface area contributed by atoms with Gasteiger partial charge in [-0.05, 0) is 50.3 Å². The highest BCUT2D eigenvalue weighted by atomic mass is 32.2. The molecule has 4 heterocycles. The monoisotopic (exact) mass is 399 g/mol. The van der Waals surface area contributed by atoms with Gasteiger partial charge in [0, 0.05) is 28.9 Å². The van der Waals surface area contributed by atoms with Gasteiger partial charge in [-0.3, -0.25) is 4.79 Å². The standard InChI is InChI=1S/C20H21N3O2S2/c1-13-16(14(2)25-22-13)12-27-19-15(6-3-9-21-19)20(24)23-10-4-7-17(23)18-8-5-11-26-18/h3,5-6,8-9,11,17H,4,7,10,12H2,1-2H3/t17-/m0/s1. The van der Waals surface area contributed by atoms with Crippen molar-refractivity contribution in [2.75, 3.05) is 6.54 Å². The lowest BCUT2D eigenvalue weighted by Crippen LogP contribution is -2.30. The zero-order valence-corrected chi connectivity index (χ0v) is 17.0. The molecule has 3 aromatic rings. The molecule has 1 fully saturated rings. The number of likely N-dealkylation sites (tertiary alicyclic amines) is 1. The van der Waals surface area contributed by atoms with E-state index >= 15 is 0 Å². The average Bonchev–Trinajstić information content (AvgIpc) is 3.42. The van der Waals surface area contributed by atoms with Crippen molar-refractivity contribution in [3.05, 3.63) is 63.3 Å². The van der Waals surface area contributed by atoms with Gasteiger partial charge in [0.05, 0.1) is 17.3 Å². The molecule has 1 aliphatic heterocycles. The van der Waals surface area contributed by atoms with E-state index < -0.39 is 0 Å². The summed E-state index contributed by atoms with van der Waals surface area (Å²) >= 11 is 3.28. The lowest BCUT2D eigenvalue weighted by Gasteiger charge is -2.24. The maximum atomic E-state index is 13.3. The first-order valence-corrected chi connectivity index (χ1v) is 10.9. The number of hydrogen-bond acceptors (Lipinski definition) is 6. The van der Waals surface area contributed by atoms with Crippen molar-refractivity contribution in [1.29, 1.82) is 0 Å². The SMILES string of the molecule is Cc1noc(C)c1CSc1ncccc1C(=O)N1CCC[C@H]1c1cccs1. The van der Waals surface area contributed by atoms with Crippen molar-refractivity contribution in [1.82, 2.24) is 15.0 Å². The van der Waals surface area contributed by atoms with Crippen molar-refractivity contribution in [2.24, 2.45) is 0 Å². The molecule has 0 aliphatic carbocycles. The highest BCUT2D eigenvalue weighted by molar-refractivity contribution is 7.98. The number of thioether (sulfide) groups is 1. The largest absolute Gasteiger partial charge is 0.361 e. The van der Waals surface area contributed by atoms with Crippen LogP contribution in [0.25, 0.3) is 0 Å². The summed E-state index contributed by atoms with van der Waals surface area (Å²) in [4.78, 5) is 21.1. The van der Waals surface area contributed by atoms with Gasteiger partial charge in [-0.15, -0.1) is 23.1 Å². The van der Waals surface area contributed by atoms with Crippen LogP contribution in [-0.2, 0) is 5.75 Å². The number of carbonyl (C=O) groups is 1. The smallest absolute Gasteiger partial charge is 0.257 e. The molecule has 1 atom stereocenters. The van der Waals surface area contributed by atoms with E-state index in [4.69, 9.17) is 4.52 Å². The van der Waals surface area contributed by atoms with E-state index in [9.17, 15) is 4.79 Å². The van der Waals surface area contributed by atoms with Crippen LogP contribution in [0.1, 0.15) is 51.1 Å². The summed E-state index contributed by atoms with van der Waals surface area (Å²) in [5.41, 5.74) is 2.64. The molecule has 0 radical (unpaired) electrons. The Balaban J connectivity index is 1.56. The summed E-state index contributed by atoms with van der Waals surface area (Å²) in [6.45, 7) is 4.65. The molecule has 0 spiro atoms. The maximum Gasteiger partial charge on any atom is 0.257 e. The van der Waals surface area contributed by atoms with E-state index in [1.54, 1.807) is 29.3 Å². The number of amides is 1. The van der Waals surface area contributed by atoms with Gasteiger partial charge in [-0.1, -0.05) is 11.2 Å². The molecular weight excluding hydrogens is 378 g/mol. The molecule has 3 aromatic heterocycles. The molecular formula is C20H21N3O2S2. The van der Waals surface area contributed by atoms with Gasteiger partial charge >= 0.3 is 0 Å². The van der Waals surface area contributed by atoms with Crippen molar-refractivity contribution >= 4 is 29.0 Å². The van der Waals surface area contributed by atoms with Crippen LogP contribution in [0.15, 0.2) is 45.4 Å². The highest BCUT2D eigenvalue weighted by Crippen LogP contribution is 2.36. The van der Waals surface area contributed by atoms with E-state index in [2.05, 4.69) is 27.7 Å². The molecule has 1 aliphatic rings. The zero-order chi connectivity index (χ0) is 18.8. The van der Waals surface area contributed by atoms with Crippen LogP contribution in [-0.4, -0.2) is 27.5 Å². The van der Waals surface area contributed by atoms with Crippen molar-refractivity contribution in [3.63, 3.8) is 0 Å². The molecule has 27 heavy (non-hydrogen) atoms. The van der Waals surface area contributed by atoms with Crippen molar-refractivity contribution in [2.45, 2.75) is 43.5 Å². The fraction of sp³-hybridized carbons (Fsp3) is 0.350. The van der Waals surface area contributed by atoms with Crippen LogP contribution in [0.2, 0.25) is 0 Å². The van der Waals surface area contributed by atoms with Crippen LogP contribution in [0.4, 0.5) is 0 Å². The summed E-state index contributed by atoms with van der Waals surface area (Å²) in [6.07, 6.45) is 3.80. The quantitative estimate of drug-likeness (QED) is 0.564. The number of nitrogens with zero attached hydrogens (tertiary/aromatic N) is 3.